The van der Waals surface area contributed by atoms with Crippen LogP contribution in [0.5, 0.6) is 5.75 Å². The van der Waals surface area contributed by atoms with Crippen LogP contribution < -0.4 is 10.1 Å². The Kier molecular flexibility index (Phi) is 7.20. The van der Waals surface area contributed by atoms with Crippen molar-refractivity contribution in [1.82, 2.24) is 24.7 Å². The lowest BCUT2D eigenvalue weighted by Crippen LogP contribution is -2.07. The molecule has 0 aliphatic carbocycles. The molecule has 3 heterocycles. The highest BCUT2D eigenvalue weighted by atomic mass is 35.5. The highest BCUT2D eigenvalue weighted by Crippen LogP contribution is 2.35. The van der Waals surface area contributed by atoms with Crippen LogP contribution in [0, 0.1) is 0 Å². The number of hydrogen-bond acceptors (Lipinski definition) is 8. The highest BCUT2D eigenvalue weighted by Gasteiger charge is 2.21. The number of aromatic nitrogens is 5. The minimum Gasteiger partial charge on any atom is -0.491 e. The average molecular weight is 537 g/mol. The molecule has 0 bridgehead atoms. The summed E-state index contributed by atoms with van der Waals surface area (Å²) >= 11 is 13.1. The maximum absolute atomic E-state index is 10.2. The zero-order valence-corrected chi connectivity index (χ0v) is 21.4. The summed E-state index contributed by atoms with van der Waals surface area (Å²) in [7, 11) is 2.96. The van der Waals surface area contributed by atoms with Crippen LogP contribution in [0.15, 0.2) is 67.1 Å². The summed E-state index contributed by atoms with van der Waals surface area (Å²) < 4.78 is 12.3. The summed E-state index contributed by atoms with van der Waals surface area (Å²) in [6.07, 6.45) is 3.79. The molecule has 0 spiro atoms. The molecule has 1 unspecified atom stereocenters. The van der Waals surface area contributed by atoms with Crippen LogP contribution in [-0.4, -0.2) is 44.1 Å². The van der Waals surface area contributed by atoms with Crippen molar-refractivity contribution in [3.63, 3.8) is 0 Å². The Balaban J connectivity index is 1.59. The number of aliphatic hydroxyl groups excluding tert-OH is 1. The van der Waals surface area contributed by atoms with Gasteiger partial charge in [0.2, 0.25) is 0 Å². The van der Waals surface area contributed by atoms with Gasteiger partial charge >= 0.3 is 0 Å². The largest absolute Gasteiger partial charge is 0.491 e. The number of aliphatic hydroxyl groups is 1. The van der Waals surface area contributed by atoms with Gasteiger partial charge in [-0.05, 0) is 24.3 Å². The molecule has 0 amide bonds. The number of ether oxygens (including phenoxy) is 2. The van der Waals surface area contributed by atoms with E-state index in [9.17, 15) is 5.11 Å². The molecular weight excluding hydrogens is 515 g/mol. The third-order valence-corrected chi connectivity index (χ3v) is 6.60. The minimum absolute atomic E-state index is 0.251. The van der Waals surface area contributed by atoms with Gasteiger partial charge in [-0.25, -0.2) is 9.97 Å². The predicted molar refractivity (Wildman–Crippen MR) is 142 cm³/mol. The molecule has 0 saturated carbocycles. The van der Waals surface area contributed by atoms with Crippen molar-refractivity contribution in [1.29, 1.82) is 0 Å². The predicted octanol–water partition coefficient (Wildman–Crippen LogP) is 5.63. The first-order chi connectivity index (χ1) is 18.0. The summed E-state index contributed by atoms with van der Waals surface area (Å²) in [6, 6.07) is 14.7. The number of nitrogens with zero attached hydrogens (tertiary/aromatic N) is 5. The van der Waals surface area contributed by atoms with Crippen LogP contribution in [0.3, 0.4) is 0 Å². The molecule has 0 aliphatic rings. The van der Waals surface area contributed by atoms with E-state index in [-0.39, 0.29) is 6.54 Å². The van der Waals surface area contributed by atoms with Crippen molar-refractivity contribution >= 4 is 45.6 Å². The van der Waals surface area contributed by atoms with E-state index >= 15 is 0 Å². The molecule has 5 aromatic rings. The number of nitrogens with one attached hydrogen (secondary N) is 1. The molecule has 2 aromatic carbocycles. The van der Waals surface area contributed by atoms with Crippen molar-refractivity contribution in [2.24, 2.45) is 0 Å². The second-order valence-corrected chi connectivity index (χ2v) is 8.80. The van der Waals surface area contributed by atoms with Crippen molar-refractivity contribution in [3.05, 3.63) is 88.3 Å². The monoisotopic (exact) mass is 536 g/mol. The maximum Gasteiger partial charge on any atom is 0.183 e. The molecule has 2 N–H and O–H groups in total. The van der Waals surface area contributed by atoms with E-state index < -0.39 is 6.29 Å². The lowest BCUT2D eigenvalue weighted by molar-refractivity contribution is -0.0769. The molecular formula is C26H22Cl2N6O3. The van der Waals surface area contributed by atoms with E-state index in [4.69, 9.17) is 42.8 Å². The second kappa shape index (κ2) is 10.7. The number of hydrogen-bond donors (Lipinski definition) is 2. The van der Waals surface area contributed by atoms with Crippen molar-refractivity contribution in [2.75, 3.05) is 19.5 Å². The van der Waals surface area contributed by atoms with Gasteiger partial charge in [-0.3, -0.25) is 9.67 Å². The smallest absolute Gasteiger partial charge is 0.183 e. The fourth-order valence-corrected chi connectivity index (χ4v) is 4.52. The standard InChI is InChI=1S/C26H22Cl2N6O3/c1-36-21-13-30-25(32-24(21)31-15-9-11-29-12-10-15)23-16-5-3-4-6-20(16)34(33-23)14-18-19(27)8-7-17(22(18)28)26(35)37-2/h3-13,26,35H,14H2,1-2H3,(H,29,30,31,32). The lowest BCUT2D eigenvalue weighted by Gasteiger charge is -2.15. The van der Waals surface area contributed by atoms with Gasteiger partial charge in [0.1, 0.15) is 5.69 Å². The summed E-state index contributed by atoms with van der Waals surface area (Å²) in [5.74, 6) is 1.38. The average Bonchev–Trinajstić information content (AvgIpc) is 3.29. The number of fused-ring (bicyclic) bond motifs is 1. The number of methoxy groups -OCH3 is 2. The SMILES string of the molecule is COc1cnc(-c2nn(Cc3c(Cl)ccc(C(O)OC)c3Cl)c3ccccc23)nc1Nc1ccncc1. The zero-order chi connectivity index (χ0) is 25.9. The molecule has 188 valence electrons. The van der Waals surface area contributed by atoms with Gasteiger partial charge in [0.05, 0.1) is 30.4 Å². The normalized spacial score (nSPS) is 12.0. The van der Waals surface area contributed by atoms with Gasteiger partial charge in [0.15, 0.2) is 23.7 Å². The Hall–Kier alpha value is -3.76. The van der Waals surface area contributed by atoms with E-state index in [2.05, 4.69) is 15.3 Å². The second-order valence-electron chi connectivity index (χ2n) is 8.01. The summed E-state index contributed by atoms with van der Waals surface area (Å²) in [6.45, 7) is 0.251. The Morgan fingerprint density at radius 2 is 1.84 bits per heavy atom. The van der Waals surface area contributed by atoms with Crippen LogP contribution in [0.2, 0.25) is 10.0 Å². The lowest BCUT2D eigenvalue weighted by atomic mass is 10.1. The van der Waals surface area contributed by atoms with Crippen LogP contribution in [-0.2, 0) is 11.3 Å². The van der Waals surface area contributed by atoms with Crippen LogP contribution >= 0.6 is 23.2 Å². The Morgan fingerprint density at radius 1 is 1.05 bits per heavy atom. The number of halogens is 2. The Bertz CT molecular complexity index is 1560. The number of para-hydroxylation sites is 1. The van der Waals surface area contributed by atoms with Crippen LogP contribution in [0.1, 0.15) is 17.4 Å². The molecule has 0 fully saturated rings. The van der Waals surface area contributed by atoms with Gasteiger partial charge in [-0.1, -0.05) is 47.5 Å². The Morgan fingerprint density at radius 3 is 2.59 bits per heavy atom. The highest BCUT2D eigenvalue weighted by molar-refractivity contribution is 6.36. The van der Waals surface area contributed by atoms with Crippen molar-refractivity contribution < 1.29 is 14.6 Å². The van der Waals surface area contributed by atoms with Crippen LogP contribution in [0.4, 0.5) is 11.5 Å². The number of rotatable bonds is 8. The molecule has 11 heteroatoms. The Labute approximate surface area is 222 Å². The number of benzene rings is 2. The zero-order valence-electron chi connectivity index (χ0n) is 19.9. The molecule has 9 nitrogen and oxygen atoms in total. The molecule has 0 aliphatic heterocycles. The van der Waals surface area contributed by atoms with E-state index in [1.807, 2.05) is 36.4 Å². The van der Waals surface area contributed by atoms with E-state index in [1.54, 1.807) is 42.5 Å². The van der Waals surface area contributed by atoms with Gasteiger partial charge in [0.25, 0.3) is 0 Å². The number of anilines is 2. The first-order valence-electron chi connectivity index (χ1n) is 11.2. The summed E-state index contributed by atoms with van der Waals surface area (Å²) in [5, 5.41) is 19.9. The summed E-state index contributed by atoms with van der Waals surface area (Å²) in [4.78, 5) is 13.3. The number of pyridine rings is 1. The first-order valence-corrected chi connectivity index (χ1v) is 12.0. The molecule has 0 radical (unpaired) electrons. The molecule has 37 heavy (non-hydrogen) atoms. The van der Waals surface area contributed by atoms with E-state index in [0.717, 1.165) is 16.6 Å². The maximum atomic E-state index is 10.2. The third-order valence-electron chi connectivity index (χ3n) is 5.80. The van der Waals surface area contributed by atoms with E-state index in [1.165, 1.54) is 7.11 Å². The summed E-state index contributed by atoms with van der Waals surface area (Å²) in [5.41, 5.74) is 3.25. The minimum atomic E-state index is -1.17. The quantitative estimate of drug-likeness (QED) is 0.245. The van der Waals surface area contributed by atoms with Crippen molar-refractivity contribution in [3.8, 4) is 17.3 Å². The van der Waals surface area contributed by atoms with Crippen molar-refractivity contribution in [2.45, 2.75) is 12.8 Å². The van der Waals surface area contributed by atoms with Gasteiger partial charge in [-0.15, -0.1) is 0 Å². The first kappa shape index (κ1) is 24.9. The topological polar surface area (TPSA) is 107 Å². The molecule has 3 aromatic heterocycles. The molecule has 5 rings (SSSR count). The fraction of sp³-hybridized carbons (Fsp3) is 0.154. The third kappa shape index (κ3) is 4.94. The fourth-order valence-electron chi connectivity index (χ4n) is 3.94. The molecule has 0 saturated heterocycles. The van der Waals surface area contributed by atoms with Gasteiger partial charge < -0.3 is 19.9 Å². The van der Waals surface area contributed by atoms with Gasteiger partial charge in [-0.2, -0.15) is 5.10 Å². The molecule has 1 atom stereocenters. The van der Waals surface area contributed by atoms with Crippen LogP contribution in [0.25, 0.3) is 22.4 Å². The van der Waals surface area contributed by atoms with Gasteiger partial charge in [0, 0.05) is 46.7 Å². The van der Waals surface area contributed by atoms with E-state index in [0.29, 0.717) is 44.3 Å².